The molecule has 0 amide bonds. The van der Waals surface area contributed by atoms with E-state index in [9.17, 15) is 14.7 Å². The minimum atomic E-state index is -1.17. The summed E-state index contributed by atoms with van der Waals surface area (Å²) in [5.74, 6) is -1.45. The molecule has 0 aliphatic carbocycles. The molecule has 1 aromatic heterocycles. The van der Waals surface area contributed by atoms with Crippen molar-refractivity contribution in [1.82, 2.24) is 15.0 Å². The number of carbonyl (C=O) groups is 2. The number of carboxylic acid groups (broad SMARTS) is 1. The number of carboxylic acids is 1. The molecular formula is C29H21ClN4O3. The quantitative estimate of drug-likeness (QED) is 0.260. The van der Waals surface area contributed by atoms with E-state index in [-0.39, 0.29) is 16.9 Å². The molecule has 5 rings (SSSR count). The van der Waals surface area contributed by atoms with E-state index in [0.717, 1.165) is 16.9 Å². The standard InChI is InChI=1S/C29H21ClN4O3/c1-33(24-14-10-22(30)11-15-24)23-12-7-20(8-13-23)28(35)21-9-16-26(25(17-21)29(36)37)34-27(18-31-32-34)19-5-3-2-4-6-19/h2-18H,1H3,(H,36,37). The summed E-state index contributed by atoms with van der Waals surface area (Å²) < 4.78 is 1.47. The molecule has 182 valence electrons. The van der Waals surface area contributed by atoms with Gasteiger partial charge in [0.2, 0.25) is 0 Å². The van der Waals surface area contributed by atoms with Gasteiger partial charge in [0, 0.05) is 40.1 Å². The van der Waals surface area contributed by atoms with Crippen LogP contribution in [-0.4, -0.2) is 38.9 Å². The number of benzene rings is 4. The second-order valence-corrected chi connectivity index (χ2v) is 8.78. The lowest BCUT2D eigenvalue weighted by Gasteiger charge is -2.19. The molecule has 0 saturated carbocycles. The second-order valence-electron chi connectivity index (χ2n) is 8.35. The summed E-state index contributed by atoms with van der Waals surface area (Å²) in [6.07, 6.45) is 1.57. The van der Waals surface area contributed by atoms with E-state index in [1.54, 1.807) is 30.5 Å². The Morgan fingerprint density at radius 3 is 2.11 bits per heavy atom. The molecule has 0 aliphatic rings. The van der Waals surface area contributed by atoms with Crippen LogP contribution in [-0.2, 0) is 0 Å². The van der Waals surface area contributed by atoms with Crippen molar-refractivity contribution in [1.29, 1.82) is 0 Å². The number of hydrogen-bond donors (Lipinski definition) is 1. The molecule has 0 saturated heterocycles. The van der Waals surface area contributed by atoms with Crippen molar-refractivity contribution >= 4 is 34.7 Å². The van der Waals surface area contributed by atoms with Crippen LogP contribution in [0.2, 0.25) is 5.02 Å². The third-order valence-corrected chi connectivity index (χ3v) is 6.32. The minimum Gasteiger partial charge on any atom is -0.478 e. The van der Waals surface area contributed by atoms with Crippen molar-refractivity contribution in [3.63, 3.8) is 0 Å². The van der Waals surface area contributed by atoms with Gasteiger partial charge >= 0.3 is 5.97 Å². The van der Waals surface area contributed by atoms with Gasteiger partial charge in [0.15, 0.2) is 5.78 Å². The van der Waals surface area contributed by atoms with Crippen LogP contribution in [0.4, 0.5) is 11.4 Å². The summed E-state index contributed by atoms with van der Waals surface area (Å²) in [7, 11) is 1.92. The zero-order chi connectivity index (χ0) is 25.9. The van der Waals surface area contributed by atoms with E-state index >= 15 is 0 Å². The zero-order valence-corrected chi connectivity index (χ0v) is 20.5. The number of aromatic carboxylic acids is 1. The third-order valence-electron chi connectivity index (χ3n) is 6.07. The maximum Gasteiger partial charge on any atom is 0.337 e. The number of ketones is 1. The SMILES string of the molecule is CN(c1ccc(Cl)cc1)c1ccc(C(=O)c2ccc(-n3nncc3-c3ccccc3)c(C(=O)O)c2)cc1. The molecule has 0 atom stereocenters. The molecule has 7 nitrogen and oxygen atoms in total. The van der Waals surface area contributed by atoms with Gasteiger partial charge in [-0.3, -0.25) is 4.79 Å². The van der Waals surface area contributed by atoms with Crippen LogP contribution in [0.15, 0.2) is 103 Å². The summed E-state index contributed by atoms with van der Waals surface area (Å²) in [6, 6.07) is 28.6. The van der Waals surface area contributed by atoms with E-state index in [4.69, 9.17) is 11.6 Å². The fraction of sp³-hybridized carbons (Fsp3) is 0.0345. The average molecular weight is 509 g/mol. The highest BCUT2D eigenvalue weighted by Gasteiger charge is 2.20. The molecule has 5 aromatic rings. The van der Waals surface area contributed by atoms with Gasteiger partial charge < -0.3 is 10.0 Å². The zero-order valence-electron chi connectivity index (χ0n) is 19.7. The fourth-order valence-electron chi connectivity index (χ4n) is 4.07. The lowest BCUT2D eigenvalue weighted by molar-refractivity contribution is 0.0696. The molecule has 0 fully saturated rings. The summed E-state index contributed by atoms with van der Waals surface area (Å²) >= 11 is 5.98. The van der Waals surface area contributed by atoms with Crippen LogP contribution in [0, 0.1) is 0 Å². The number of rotatable bonds is 7. The van der Waals surface area contributed by atoms with Crippen molar-refractivity contribution in [3.05, 3.63) is 125 Å². The number of halogens is 1. The lowest BCUT2D eigenvalue weighted by atomic mass is 9.99. The first-order valence-electron chi connectivity index (χ1n) is 11.4. The van der Waals surface area contributed by atoms with Crippen molar-refractivity contribution in [2.75, 3.05) is 11.9 Å². The molecule has 1 heterocycles. The Morgan fingerprint density at radius 2 is 1.46 bits per heavy atom. The van der Waals surface area contributed by atoms with E-state index in [2.05, 4.69) is 10.3 Å². The molecule has 0 spiro atoms. The first-order chi connectivity index (χ1) is 17.9. The molecule has 0 aliphatic heterocycles. The van der Waals surface area contributed by atoms with Crippen LogP contribution in [0.25, 0.3) is 16.9 Å². The topological polar surface area (TPSA) is 88.3 Å². The van der Waals surface area contributed by atoms with Gasteiger partial charge in [-0.1, -0.05) is 47.1 Å². The Labute approximate surface area is 218 Å². The molecule has 0 unspecified atom stereocenters. The first-order valence-corrected chi connectivity index (χ1v) is 11.8. The number of nitrogens with zero attached hydrogens (tertiary/aromatic N) is 4. The highest BCUT2D eigenvalue weighted by molar-refractivity contribution is 6.30. The molecule has 8 heteroatoms. The number of carbonyl (C=O) groups excluding carboxylic acids is 1. The van der Waals surface area contributed by atoms with E-state index in [0.29, 0.717) is 22.0 Å². The van der Waals surface area contributed by atoms with Crippen LogP contribution in [0.5, 0.6) is 0 Å². The highest BCUT2D eigenvalue weighted by atomic mass is 35.5. The van der Waals surface area contributed by atoms with Crippen LogP contribution in [0.1, 0.15) is 26.3 Å². The lowest BCUT2D eigenvalue weighted by Crippen LogP contribution is -2.11. The second kappa shape index (κ2) is 10.1. The first kappa shape index (κ1) is 24.0. The Bertz CT molecular complexity index is 1580. The van der Waals surface area contributed by atoms with Gasteiger partial charge in [-0.05, 0) is 66.7 Å². The van der Waals surface area contributed by atoms with Crippen LogP contribution < -0.4 is 4.90 Å². The molecule has 1 N–H and O–H groups in total. The van der Waals surface area contributed by atoms with E-state index < -0.39 is 5.97 Å². The summed E-state index contributed by atoms with van der Waals surface area (Å²) in [5.41, 5.74) is 4.31. The number of hydrogen-bond acceptors (Lipinski definition) is 5. The minimum absolute atomic E-state index is 0.0485. The third kappa shape index (κ3) is 4.85. The Kier molecular flexibility index (Phi) is 6.53. The van der Waals surface area contributed by atoms with Crippen LogP contribution in [0.3, 0.4) is 0 Å². The van der Waals surface area contributed by atoms with Gasteiger partial charge in [-0.15, -0.1) is 5.10 Å². The maximum atomic E-state index is 13.2. The fourth-order valence-corrected chi connectivity index (χ4v) is 4.19. The molecule has 4 aromatic carbocycles. The Balaban J connectivity index is 1.44. The van der Waals surface area contributed by atoms with Crippen molar-refractivity contribution < 1.29 is 14.7 Å². The summed E-state index contributed by atoms with van der Waals surface area (Å²) in [4.78, 5) is 27.4. The maximum absolute atomic E-state index is 13.2. The van der Waals surface area contributed by atoms with Gasteiger partial charge in [0.25, 0.3) is 0 Å². The van der Waals surface area contributed by atoms with Gasteiger partial charge in [-0.25, -0.2) is 9.48 Å². The van der Waals surface area contributed by atoms with Crippen molar-refractivity contribution in [2.24, 2.45) is 0 Å². The number of anilines is 2. The van der Waals surface area contributed by atoms with Crippen LogP contribution >= 0.6 is 11.6 Å². The summed E-state index contributed by atoms with van der Waals surface area (Å²) in [5, 5.41) is 18.7. The molecule has 0 radical (unpaired) electrons. The van der Waals surface area contributed by atoms with E-state index in [1.165, 1.54) is 10.7 Å². The van der Waals surface area contributed by atoms with Crippen molar-refractivity contribution in [3.8, 4) is 16.9 Å². The molecule has 37 heavy (non-hydrogen) atoms. The predicted octanol–water partition coefficient (Wildman–Crippen LogP) is 6.28. The smallest absolute Gasteiger partial charge is 0.337 e. The number of aromatic nitrogens is 3. The van der Waals surface area contributed by atoms with Crippen molar-refractivity contribution in [2.45, 2.75) is 0 Å². The highest BCUT2D eigenvalue weighted by Crippen LogP contribution is 2.27. The van der Waals surface area contributed by atoms with Gasteiger partial charge in [0.05, 0.1) is 23.1 Å². The predicted molar refractivity (Wildman–Crippen MR) is 143 cm³/mol. The monoisotopic (exact) mass is 508 g/mol. The van der Waals surface area contributed by atoms with Gasteiger partial charge in [-0.2, -0.15) is 0 Å². The Morgan fingerprint density at radius 1 is 0.838 bits per heavy atom. The largest absolute Gasteiger partial charge is 0.478 e. The normalized spacial score (nSPS) is 10.8. The summed E-state index contributed by atoms with van der Waals surface area (Å²) in [6.45, 7) is 0. The molecule has 0 bridgehead atoms. The average Bonchev–Trinajstić information content (AvgIpc) is 3.43. The van der Waals surface area contributed by atoms with E-state index in [1.807, 2.05) is 78.7 Å². The Hall–Kier alpha value is -4.75. The molecular weight excluding hydrogens is 488 g/mol. The van der Waals surface area contributed by atoms with Gasteiger partial charge in [0.1, 0.15) is 0 Å².